The van der Waals surface area contributed by atoms with E-state index in [9.17, 15) is 4.79 Å². The van der Waals surface area contributed by atoms with E-state index in [0.717, 1.165) is 24.9 Å². The van der Waals surface area contributed by atoms with Crippen LogP contribution in [0.4, 0.5) is 5.69 Å². The standard InChI is InChI=1S/C19H23N3O3.2ClH/c1-24-17-7-6-16(22-19(23)11-15-5-3-9-21-15)10-18(17)25-13-14-4-2-8-20-12-14;;/h2,4,6-8,10,12,15,21H,3,5,9,11,13H2,1H3,(H,22,23);2*1H. The average molecular weight is 414 g/mol. The molecule has 8 heteroatoms. The summed E-state index contributed by atoms with van der Waals surface area (Å²) in [4.78, 5) is 16.3. The van der Waals surface area contributed by atoms with Crippen molar-refractivity contribution in [2.75, 3.05) is 19.0 Å². The summed E-state index contributed by atoms with van der Waals surface area (Å²) in [6, 6.07) is 9.48. The van der Waals surface area contributed by atoms with Gasteiger partial charge in [0.2, 0.25) is 5.91 Å². The van der Waals surface area contributed by atoms with E-state index < -0.39 is 0 Å². The Morgan fingerprint density at radius 3 is 2.81 bits per heavy atom. The predicted octanol–water partition coefficient (Wildman–Crippen LogP) is 3.59. The van der Waals surface area contributed by atoms with Gasteiger partial charge >= 0.3 is 0 Å². The number of benzene rings is 1. The summed E-state index contributed by atoms with van der Waals surface area (Å²) in [5.74, 6) is 1.21. The molecule has 1 saturated heterocycles. The van der Waals surface area contributed by atoms with Crippen LogP contribution in [-0.4, -0.2) is 30.6 Å². The van der Waals surface area contributed by atoms with Crippen molar-refractivity contribution in [2.24, 2.45) is 0 Å². The molecule has 0 saturated carbocycles. The second-order valence-corrected chi connectivity index (χ2v) is 6.06. The Morgan fingerprint density at radius 2 is 2.15 bits per heavy atom. The molecule has 1 unspecified atom stereocenters. The fraction of sp³-hybridized carbons (Fsp3) is 0.368. The van der Waals surface area contributed by atoms with Crippen molar-refractivity contribution in [3.63, 3.8) is 0 Å². The lowest BCUT2D eigenvalue weighted by atomic mass is 10.1. The number of hydrogen-bond donors (Lipinski definition) is 2. The number of ether oxygens (including phenoxy) is 2. The lowest BCUT2D eigenvalue weighted by Crippen LogP contribution is -2.27. The van der Waals surface area contributed by atoms with Crippen LogP contribution in [0.2, 0.25) is 0 Å². The number of pyridine rings is 1. The van der Waals surface area contributed by atoms with Crippen LogP contribution >= 0.6 is 24.8 Å². The molecule has 0 spiro atoms. The van der Waals surface area contributed by atoms with Crippen LogP contribution in [0.5, 0.6) is 11.5 Å². The smallest absolute Gasteiger partial charge is 0.225 e. The second-order valence-electron chi connectivity index (χ2n) is 6.06. The number of hydrogen-bond acceptors (Lipinski definition) is 5. The van der Waals surface area contributed by atoms with E-state index in [0.29, 0.717) is 30.2 Å². The zero-order valence-electron chi connectivity index (χ0n) is 15.1. The summed E-state index contributed by atoms with van der Waals surface area (Å²) in [5.41, 5.74) is 1.66. The van der Waals surface area contributed by atoms with E-state index in [1.807, 2.05) is 18.2 Å². The van der Waals surface area contributed by atoms with Gasteiger partial charge in [-0.1, -0.05) is 6.07 Å². The van der Waals surface area contributed by atoms with Crippen LogP contribution in [0.3, 0.4) is 0 Å². The minimum atomic E-state index is 0. The normalized spacial score (nSPS) is 15.2. The van der Waals surface area contributed by atoms with Crippen molar-refractivity contribution in [1.82, 2.24) is 10.3 Å². The molecule has 0 radical (unpaired) electrons. The minimum absolute atomic E-state index is 0. The van der Waals surface area contributed by atoms with E-state index >= 15 is 0 Å². The third-order valence-electron chi connectivity index (χ3n) is 4.16. The lowest BCUT2D eigenvalue weighted by molar-refractivity contribution is -0.116. The summed E-state index contributed by atoms with van der Waals surface area (Å²) < 4.78 is 11.2. The van der Waals surface area contributed by atoms with Gasteiger partial charge in [-0.05, 0) is 37.6 Å². The molecule has 1 aliphatic rings. The molecule has 148 valence electrons. The summed E-state index contributed by atoms with van der Waals surface area (Å²) >= 11 is 0. The Hall–Kier alpha value is -2.02. The van der Waals surface area contributed by atoms with Gasteiger partial charge in [0.05, 0.1) is 7.11 Å². The number of halogens is 2. The first-order chi connectivity index (χ1) is 12.2. The Morgan fingerprint density at radius 1 is 1.30 bits per heavy atom. The van der Waals surface area contributed by atoms with Crippen LogP contribution in [0.15, 0.2) is 42.7 Å². The highest BCUT2D eigenvalue weighted by atomic mass is 35.5. The van der Waals surface area contributed by atoms with Crippen LogP contribution in [0.25, 0.3) is 0 Å². The molecule has 2 aromatic rings. The number of rotatable bonds is 7. The van der Waals surface area contributed by atoms with E-state index in [1.165, 1.54) is 0 Å². The highest BCUT2D eigenvalue weighted by Crippen LogP contribution is 2.31. The van der Waals surface area contributed by atoms with Crippen LogP contribution in [-0.2, 0) is 11.4 Å². The zero-order valence-corrected chi connectivity index (χ0v) is 16.8. The highest BCUT2D eigenvalue weighted by molar-refractivity contribution is 5.91. The third-order valence-corrected chi connectivity index (χ3v) is 4.16. The number of amides is 1. The number of nitrogens with one attached hydrogen (secondary N) is 2. The van der Waals surface area contributed by atoms with Crippen LogP contribution < -0.4 is 20.1 Å². The van der Waals surface area contributed by atoms with Crippen molar-refractivity contribution in [1.29, 1.82) is 0 Å². The van der Waals surface area contributed by atoms with Gasteiger partial charge in [-0.3, -0.25) is 9.78 Å². The van der Waals surface area contributed by atoms with Crippen LogP contribution in [0.1, 0.15) is 24.8 Å². The highest BCUT2D eigenvalue weighted by Gasteiger charge is 2.18. The van der Waals surface area contributed by atoms with Gasteiger partial charge in [0, 0.05) is 42.2 Å². The molecular formula is C19H25Cl2N3O3. The van der Waals surface area contributed by atoms with Gasteiger partial charge in [0.15, 0.2) is 11.5 Å². The number of aromatic nitrogens is 1. The third kappa shape index (κ3) is 6.90. The molecule has 0 aliphatic carbocycles. The molecule has 1 atom stereocenters. The summed E-state index contributed by atoms with van der Waals surface area (Å²) in [6.45, 7) is 1.38. The van der Waals surface area contributed by atoms with Crippen molar-refractivity contribution in [3.05, 3.63) is 48.3 Å². The van der Waals surface area contributed by atoms with Crippen molar-refractivity contribution in [2.45, 2.75) is 31.9 Å². The maximum absolute atomic E-state index is 12.2. The Bertz CT molecular complexity index is 711. The van der Waals surface area contributed by atoms with E-state index in [4.69, 9.17) is 9.47 Å². The number of nitrogens with zero attached hydrogens (tertiary/aromatic N) is 1. The molecule has 2 N–H and O–H groups in total. The van der Waals surface area contributed by atoms with Crippen molar-refractivity contribution in [3.8, 4) is 11.5 Å². The fourth-order valence-corrected chi connectivity index (χ4v) is 2.88. The fourth-order valence-electron chi connectivity index (χ4n) is 2.88. The van der Waals surface area contributed by atoms with Crippen molar-refractivity contribution >= 4 is 36.4 Å². The molecular weight excluding hydrogens is 389 g/mol. The van der Waals surface area contributed by atoms with Gasteiger partial charge in [0.25, 0.3) is 0 Å². The molecule has 3 rings (SSSR count). The minimum Gasteiger partial charge on any atom is -0.493 e. The SMILES string of the molecule is COc1ccc(NC(=O)CC2CCCN2)cc1OCc1cccnc1.Cl.Cl. The second kappa shape index (κ2) is 11.6. The largest absolute Gasteiger partial charge is 0.493 e. The first-order valence-corrected chi connectivity index (χ1v) is 8.47. The average Bonchev–Trinajstić information content (AvgIpc) is 3.14. The molecule has 27 heavy (non-hydrogen) atoms. The molecule has 0 bridgehead atoms. The molecule has 1 amide bonds. The maximum atomic E-state index is 12.2. The Labute approximate surface area is 171 Å². The van der Waals surface area contributed by atoms with Crippen molar-refractivity contribution < 1.29 is 14.3 Å². The van der Waals surface area contributed by atoms with Gasteiger partial charge in [-0.15, -0.1) is 24.8 Å². The predicted molar refractivity (Wildman–Crippen MR) is 110 cm³/mol. The molecule has 1 aliphatic heterocycles. The molecule has 2 heterocycles. The quantitative estimate of drug-likeness (QED) is 0.725. The number of anilines is 1. The summed E-state index contributed by atoms with van der Waals surface area (Å²) in [6.07, 6.45) is 6.15. The molecule has 1 fully saturated rings. The van der Waals surface area contributed by atoms with Crippen LogP contribution in [0, 0.1) is 0 Å². The van der Waals surface area contributed by atoms with Gasteiger partial charge in [0.1, 0.15) is 6.61 Å². The van der Waals surface area contributed by atoms with E-state index in [2.05, 4.69) is 15.6 Å². The Balaban J connectivity index is 0.00000182. The van der Waals surface area contributed by atoms with Gasteiger partial charge in [-0.2, -0.15) is 0 Å². The number of methoxy groups -OCH3 is 1. The van der Waals surface area contributed by atoms with Gasteiger partial charge in [-0.25, -0.2) is 0 Å². The van der Waals surface area contributed by atoms with E-state index in [-0.39, 0.29) is 36.8 Å². The first kappa shape index (κ1) is 23.0. The summed E-state index contributed by atoms with van der Waals surface area (Å²) in [5, 5.41) is 6.26. The topological polar surface area (TPSA) is 72.5 Å². The van der Waals surface area contributed by atoms with Gasteiger partial charge < -0.3 is 20.1 Å². The molecule has 1 aromatic carbocycles. The monoisotopic (exact) mass is 413 g/mol. The number of carbonyl (C=O) groups is 1. The maximum Gasteiger partial charge on any atom is 0.225 e. The zero-order chi connectivity index (χ0) is 17.5. The van der Waals surface area contributed by atoms with E-state index in [1.54, 1.807) is 31.6 Å². The first-order valence-electron chi connectivity index (χ1n) is 8.47. The number of carbonyl (C=O) groups excluding carboxylic acids is 1. The molecule has 1 aromatic heterocycles. The summed E-state index contributed by atoms with van der Waals surface area (Å²) in [7, 11) is 1.59. The molecule has 6 nitrogen and oxygen atoms in total. The Kier molecular flexibility index (Phi) is 9.93. The lowest BCUT2D eigenvalue weighted by Gasteiger charge is -2.14.